The summed E-state index contributed by atoms with van der Waals surface area (Å²) in [6.07, 6.45) is 1.18. The van der Waals surface area contributed by atoms with Crippen molar-refractivity contribution in [2.24, 2.45) is 0 Å². The first-order chi connectivity index (χ1) is 6.29. The third-order valence-corrected chi connectivity index (χ3v) is 1.60. The van der Waals surface area contributed by atoms with Crippen molar-refractivity contribution in [3.05, 3.63) is 42.2 Å². The van der Waals surface area contributed by atoms with Crippen LogP contribution in [0.15, 0.2) is 29.0 Å². The van der Waals surface area contributed by atoms with Crippen molar-refractivity contribution in [1.29, 1.82) is 0 Å². The highest BCUT2D eigenvalue weighted by Gasteiger charge is 2.11. The van der Waals surface area contributed by atoms with Crippen molar-refractivity contribution < 1.29 is 13.3 Å². The van der Waals surface area contributed by atoms with E-state index >= 15 is 0 Å². The summed E-state index contributed by atoms with van der Waals surface area (Å²) in [5.41, 5.74) is 0.214. The van der Waals surface area contributed by atoms with E-state index in [1.54, 1.807) is 0 Å². The predicted molar refractivity (Wildman–Crippen MR) is 40.7 cm³/mol. The van der Waals surface area contributed by atoms with Gasteiger partial charge in [0.05, 0.1) is 6.07 Å². The molecule has 65 valence electrons. The van der Waals surface area contributed by atoms with Crippen LogP contribution in [0.25, 0.3) is 11.3 Å². The third kappa shape index (κ3) is 1.30. The molecule has 0 fully saturated rings. The Morgan fingerprint density at radius 1 is 1.31 bits per heavy atom. The summed E-state index contributed by atoms with van der Waals surface area (Å²) in [5, 5.41) is 3.45. The molecular weight excluding hydrogens is 176 g/mol. The molecule has 1 aromatic carbocycles. The van der Waals surface area contributed by atoms with Crippen LogP contribution in [-0.4, -0.2) is 5.16 Å². The fourth-order valence-corrected chi connectivity index (χ4v) is 1.00. The molecule has 0 saturated heterocycles. The Morgan fingerprint density at radius 3 is 2.85 bits per heavy atom. The fourth-order valence-electron chi connectivity index (χ4n) is 1.00. The number of aromatic nitrogens is 1. The van der Waals surface area contributed by atoms with Crippen LogP contribution < -0.4 is 0 Å². The molecule has 1 radical (unpaired) electrons. The maximum absolute atomic E-state index is 13.1. The first-order valence-corrected chi connectivity index (χ1v) is 3.55. The van der Waals surface area contributed by atoms with Gasteiger partial charge in [-0.2, -0.15) is 0 Å². The van der Waals surface area contributed by atoms with E-state index in [1.807, 2.05) is 0 Å². The Kier molecular flexibility index (Phi) is 1.81. The molecule has 0 amide bonds. The molecule has 0 bridgehead atoms. The Morgan fingerprint density at radius 2 is 2.15 bits per heavy atom. The zero-order valence-corrected chi connectivity index (χ0v) is 6.42. The molecule has 2 nitrogen and oxygen atoms in total. The highest BCUT2D eigenvalue weighted by Crippen LogP contribution is 2.21. The molecule has 1 heterocycles. The number of nitrogens with zero attached hydrogens (tertiary/aromatic N) is 1. The molecule has 0 spiro atoms. The van der Waals surface area contributed by atoms with Gasteiger partial charge in [0.15, 0.2) is 11.6 Å². The van der Waals surface area contributed by atoms with Gasteiger partial charge in [-0.3, -0.25) is 0 Å². The van der Waals surface area contributed by atoms with E-state index in [1.165, 1.54) is 18.4 Å². The average Bonchev–Trinajstić information content (AvgIpc) is 2.62. The summed E-state index contributed by atoms with van der Waals surface area (Å²) < 4.78 is 30.3. The van der Waals surface area contributed by atoms with Gasteiger partial charge in [-0.05, 0) is 12.1 Å². The molecule has 4 heteroatoms. The van der Waals surface area contributed by atoms with Crippen LogP contribution in [-0.2, 0) is 0 Å². The lowest BCUT2D eigenvalue weighted by molar-refractivity contribution is 0.421. The minimum atomic E-state index is -0.937. The second kappa shape index (κ2) is 2.97. The zero-order valence-electron chi connectivity index (χ0n) is 6.42. The summed E-state index contributed by atoms with van der Waals surface area (Å²) in [4.78, 5) is 0. The Hall–Kier alpha value is -1.71. The van der Waals surface area contributed by atoms with E-state index in [9.17, 15) is 8.78 Å². The number of benzene rings is 1. The van der Waals surface area contributed by atoms with Crippen LogP contribution in [0.2, 0.25) is 0 Å². The van der Waals surface area contributed by atoms with E-state index in [0.717, 1.165) is 6.07 Å². The molecule has 0 aliphatic carbocycles. The minimum Gasteiger partial charge on any atom is -0.363 e. The second-order valence-corrected chi connectivity index (χ2v) is 2.41. The van der Waals surface area contributed by atoms with Crippen molar-refractivity contribution >= 4 is 0 Å². The van der Waals surface area contributed by atoms with Gasteiger partial charge in [-0.25, -0.2) is 8.78 Å². The van der Waals surface area contributed by atoms with E-state index in [4.69, 9.17) is 0 Å². The topological polar surface area (TPSA) is 26.0 Å². The van der Waals surface area contributed by atoms with Gasteiger partial charge in [-0.1, -0.05) is 11.2 Å². The highest BCUT2D eigenvalue weighted by molar-refractivity contribution is 5.58. The van der Waals surface area contributed by atoms with Crippen molar-refractivity contribution in [2.45, 2.75) is 0 Å². The highest BCUT2D eigenvalue weighted by atomic mass is 19.2. The lowest BCUT2D eigenvalue weighted by Gasteiger charge is -1.97. The average molecular weight is 180 g/mol. The molecule has 0 unspecified atom stereocenters. The van der Waals surface area contributed by atoms with Crippen LogP contribution in [0.3, 0.4) is 0 Å². The molecule has 0 atom stereocenters. The summed E-state index contributed by atoms with van der Waals surface area (Å²) in [6, 6.07) is 6.39. The molecule has 13 heavy (non-hydrogen) atoms. The van der Waals surface area contributed by atoms with Gasteiger partial charge in [0, 0.05) is 5.56 Å². The summed E-state index contributed by atoms with van der Waals surface area (Å²) in [5.74, 6) is -1.85. The number of hydrogen-bond acceptors (Lipinski definition) is 2. The molecule has 2 rings (SSSR count). The Labute approximate surface area is 72.8 Å². The summed E-state index contributed by atoms with van der Waals surface area (Å²) >= 11 is 0. The van der Waals surface area contributed by atoms with Gasteiger partial charge >= 0.3 is 0 Å². The lowest BCUT2D eigenvalue weighted by atomic mass is 10.1. The Balaban J connectivity index is 2.59. The van der Waals surface area contributed by atoms with Gasteiger partial charge in [0.25, 0.3) is 0 Å². The zero-order chi connectivity index (χ0) is 9.26. The monoisotopic (exact) mass is 180 g/mol. The molecule has 0 saturated carbocycles. The van der Waals surface area contributed by atoms with Crippen molar-refractivity contribution in [3.63, 3.8) is 0 Å². The van der Waals surface area contributed by atoms with Crippen LogP contribution in [0, 0.1) is 17.7 Å². The quantitative estimate of drug-likeness (QED) is 0.673. The smallest absolute Gasteiger partial charge is 0.168 e. The number of hydrogen-bond donors (Lipinski definition) is 0. The van der Waals surface area contributed by atoms with E-state index in [0.29, 0.717) is 0 Å². The van der Waals surface area contributed by atoms with Crippen LogP contribution in [0.5, 0.6) is 0 Å². The first kappa shape index (κ1) is 7.91. The van der Waals surface area contributed by atoms with E-state index in [2.05, 4.69) is 15.7 Å². The third-order valence-electron chi connectivity index (χ3n) is 1.60. The van der Waals surface area contributed by atoms with Crippen molar-refractivity contribution in [1.82, 2.24) is 5.16 Å². The van der Waals surface area contributed by atoms with Crippen LogP contribution in [0.1, 0.15) is 0 Å². The molecule has 2 aromatic rings. The van der Waals surface area contributed by atoms with Crippen molar-refractivity contribution in [3.8, 4) is 11.3 Å². The second-order valence-electron chi connectivity index (χ2n) is 2.41. The summed E-state index contributed by atoms with van der Waals surface area (Å²) in [6.45, 7) is 0. The van der Waals surface area contributed by atoms with Crippen LogP contribution in [0.4, 0.5) is 8.78 Å². The summed E-state index contributed by atoms with van der Waals surface area (Å²) in [7, 11) is 0. The maximum atomic E-state index is 13.1. The van der Waals surface area contributed by atoms with Gasteiger partial charge in [-0.15, -0.1) is 0 Å². The maximum Gasteiger partial charge on any atom is 0.168 e. The van der Waals surface area contributed by atoms with Crippen molar-refractivity contribution in [2.75, 3.05) is 0 Å². The van der Waals surface area contributed by atoms with Crippen LogP contribution >= 0.6 is 0 Å². The SMILES string of the molecule is Fc1cccc(-c2[c]con2)c1F. The molecule has 1 aromatic heterocycles. The fraction of sp³-hybridized carbons (Fsp3) is 0. The number of rotatable bonds is 1. The van der Waals surface area contributed by atoms with Gasteiger partial charge < -0.3 is 4.52 Å². The largest absolute Gasteiger partial charge is 0.363 e. The standard InChI is InChI=1S/C9H4F2NO/c10-7-3-1-2-6(9(7)11)8-4-5-13-12-8/h1-3,5H. The molecule has 0 aliphatic rings. The Bertz CT molecular complexity index is 412. The van der Waals surface area contributed by atoms with E-state index < -0.39 is 11.6 Å². The minimum absolute atomic E-state index is 0.0498. The normalized spacial score (nSPS) is 10.3. The predicted octanol–water partition coefficient (Wildman–Crippen LogP) is 2.42. The van der Waals surface area contributed by atoms with E-state index in [-0.39, 0.29) is 11.3 Å². The molecular formula is C9H4F2NO. The molecule has 0 N–H and O–H groups in total. The van der Waals surface area contributed by atoms with Gasteiger partial charge in [0.2, 0.25) is 0 Å². The number of halogens is 2. The lowest BCUT2D eigenvalue weighted by Crippen LogP contribution is -1.88. The van der Waals surface area contributed by atoms with Gasteiger partial charge in [0.1, 0.15) is 12.0 Å². The first-order valence-electron chi connectivity index (χ1n) is 3.55. The molecule has 0 aliphatic heterocycles.